The fourth-order valence-corrected chi connectivity index (χ4v) is 4.32. The highest BCUT2D eigenvalue weighted by atomic mass is 16.5. The van der Waals surface area contributed by atoms with Gasteiger partial charge in [-0.15, -0.1) is 0 Å². The molecule has 2 aromatic heterocycles. The Morgan fingerprint density at radius 1 is 0.897 bits per heavy atom. The van der Waals surface area contributed by atoms with Gasteiger partial charge in [-0.2, -0.15) is 4.98 Å². The second-order valence-corrected chi connectivity index (χ2v) is 7.68. The predicted octanol–water partition coefficient (Wildman–Crippen LogP) is 5.62. The summed E-state index contributed by atoms with van der Waals surface area (Å²) < 4.78 is 7.86. The molecule has 5 nitrogen and oxygen atoms in total. The van der Waals surface area contributed by atoms with Crippen LogP contribution in [-0.4, -0.2) is 9.38 Å². The van der Waals surface area contributed by atoms with Crippen molar-refractivity contribution in [2.24, 2.45) is 0 Å². The van der Waals surface area contributed by atoms with Crippen LogP contribution in [0.25, 0.3) is 16.6 Å². The summed E-state index contributed by atoms with van der Waals surface area (Å²) in [6.45, 7) is 0. The van der Waals surface area contributed by atoms with Gasteiger partial charge in [0.15, 0.2) is 5.82 Å². The molecule has 5 rings (SSSR count). The fraction of sp³-hybridized carbons (Fsp3) is 0.208. The molecular weight excluding hydrogens is 360 g/mol. The minimum Gasteiger partial charge on any atom is -0.457 e. The molecule has 1 saturated carbocycles. The molecule has 1 aliphatic rings. The van der Waals surface area contributed by atoms with Crippen molar-refractivity contribution in [1.29, 1.82) is 0 Å². The Hall–Kier alpha value is -3.47. The molecule has 146 valence electrons. The highest BCUT2D eigenvalue weighted by Gasteiger charge is 2.21. The van der Waals surface area contributed by atoms with E-state index in [0.29, 0.717) is 17.7 Å². The fourth-order valence-electron chi connectivity index (χ4n) is 4.32. The highest BCUT2D eigenvalue weighted by molar-refractivity contribution is 5.89. The van der Waals surface area contributed by atoms with E-state index in [1.54, 1.807) is 0 Å². The van der Waals surface area contributed by atoms with E-state index in [9.17, 15) is 0 Å². The van der Waals surface area contributed by atoms with E-state index in [-0.39, 0.29) is 0 Å². The van der Waals surface area contributed by atoms with E-state index in [1.165, 1.54) is 31.2 Å². The molecule has 0 radical (unpaired) electrons. The zero-order chi connectivity index (χ0) is 19.8. The molecule has 4 N–H and O–H groups in total. The van der Waals surface area contributed by atoms with Crippen molar-refractivity contribution < 1.29 is 4.74 Å². The lowest BCUT2D eigenvalue weighted by atomic mass is 9.95. The molecule has 0 bridgehead atoms. The van der Waals surface area contributed by atoms with Crippen LogP contribution in [0.5, 0.6) is 11.5 Å². The van der Waals surface area contributed by atoms with Gasteiger partial charge < -0.3 is 16.2 Å². The summed E-state index contributed by atoms with van der Waals surface area (Å²) in [6.07, 6.45) is 7.12. The Bertz CT molecular complexity index is 1140. The normalized spacial score (nSPS) is 14.5. The summed E-state index contributed by atoms with van der Waals surface area (Å²) in [5, 5.41) is 0. The maximum absolute atomic E-state index is 6.21. The van der Waals surface area contributed by atoms with Crippen LogP contribution in [0.15, 0.2) is 66.9 Å². The number of nitrogen functional groups attached to an aromatic ring is 2. The summed E-state index contributed by atoms with van der Waals surface area (Å²) in [5.41, 5.74) is 16.7. The number of pyridine rings is 1. The summed E-state index contributed by atoms with van der Waals surface area (Å²) in [4.78, 5) is 4.31. The molecule has 5 heteroatoms. The highest BCUT2D eigenvalue weighted by Crippen LogP contribution is 2.39. The molecule has 0 unspecified atom stereocenters. The third kappa shape index (κ3) is 3.29. The van der Waals surface area contributed by atoms with Crippen molar-refractivity contribution >= 4 is 17.3 Å². The summed E-state index contributed by atoms with van der Waals surface area (Å²) >= 11 is 0. The smallest absolute Gasteiger partial charge is 0.206 e. The van der Waals surface area contributed by atoms with Crippen LogP contribution in [0.1, 0.15) is 37.2 Å². The molecule has 2 aromatic carbocycles. The minimum absolute atomic E-state index is 0.433. The van der Waals surface area contributed by atoms with Crippen LogP contribution in [0.3, 0.4) is 0 Å². The minimum atomic E-state index is 0.433. The number of aromatic nitrogens is 2. The van der Waals surface area contributed by atoms with Crippen LogP contribution >= 0.6 is 0 Å². The molecule has 1 aliphatic carbocycles. The van der Waals surface area contributed by atoms with Crippen LogP contribution < -0.4 is 16.2 Å². The van der Waals surface area contributed by atoms with Gasteiger partial charge in [-0.3, -0.25) is 4.40 Å². The molecule has 0 atom stereocenters. The van der Waals surface area contributed by atoms with Gasteiger partial charge in [0.2, 0.25) is 5.95 Å². The first-order chi connectivity index (χ1) is 14.2. The number of benzene rings is 2. The van der Waals surface area contributed by atoms with Crippen molar-refractivity contribution in [2.75, 3.05) is 11.5 Å². The second-order valence-electron chi connectivity index (χ2n) is 7.68. The summed E-state index contributed by atoms with van der Waals surface area (Å²) in [5.74, 6) is 3.08. The third-order valence-electron chi connectivity index (χ3n) is 5.78. The van der Waals surface area contributed by atoms with Crippen molar-refractivity contribution in [3.05, 3.63) is 72.4 Å². The van der Waals surface area contributed by atoms with Crippen molar-refractivity contribution in [1.82, 2.24) is 9.38 Å². The Labute approximate surface area is 169 Å². The van der Waals surface area contributed by atoms with E-state index in [2.05, 4.69) is 29.4 Å². The Kier molecular flexibility index (Phi) is 4.35. The van der Waals surface area contributed by atoms with Crippen molar-refractivity contribution in [3.8, 4) is 22.6 Å². The van der Waals surface area contributed by atoms with Gasteiger partial charge in [0.1, 0.15) is 11.5 Å². The van der Waals surface area contributed by atoms with Crippen LogP contribution in [0.4, 0.5) is 11.8 Å². The van der Waals surface area contributed by atoms with Crippen molar-refractivity contribution in [2.45, 2.75) is 31.6 Å². The van der Waals surface area contributed by atoms with Gasteiger partial charge in [0.25, 0.3) is 0 Å². The maximum atomic E-state index is 6.21. The molecular formula is C24H24N4O. The lowest BCUT2D eigenvalue weighted by molar-refractivity contribution is 0.483. The van der Waals surface area contributed by atoms with Crippen molar-refractivity contribution in [3.63, 3.8) is 0 Å². The average molecular weight is 384 g/mol. The molecule has 29 heavy (non-hydrogen) atoms. The number of nitrogens with zero attached hydrogens (tertiary/aromatic N) is 2. The average Bonchev–Trinajstić information content (AvgIpc) is 3.38. The van der Waals surface area contributed by atoms with E-state index in [4.69, 9.17) is 16.2 Å². The van der Waals surface area contributed by atoms with E-state index in [1.807, 2.05) is 46.9 Å². The predicted molar refractivity (Wildman–Crippen MR) is 117 cm³/mol. The topological polar surface area (TPSA) is 78.6 Å². The maximum Gasteiger partial charge on any atom is 0.206 e. The van der Waals surface area contributed by atoms with E-state index in [0.717, 1.165) is 28.1 Å². The monoisotopic (exact) mass is 384 g/mol. The van der Waals surface area contributed by atoms with Gasteiger partial charge in [-0.1, -0.05) is 43.2 Å². The SMILES string of the molecule is Nc1nc(N)n2cc(C3CCCC3)cc(-c3ccc(Oc4ccccc4)cc3)c12. The van der Waals surface area contributed by atoms with Gasteiger partial charge in [0.05, 0.1) is 5.52 Å². The van der Waals surface area contributed by atoms with Crippen LogP contribution in [-0.2, 0) is 0 Å². The number of ether oxygens (including phenoxy) is 1. The standard InChI is InChI=1S/C24H24N4O/c25-23-22-21(14-18(16-6-4-5-7-16)15-28(22)24(26)27-23)17-10-12-20(13-11-17)29-19-8-2-1-3-9-19/h1-3,8-16H,4-7,25H2,(H2,26,27). The Morgan fingerprint density at radius 2 is 1.59 bits per heavy atom. The molecule has 0 saturated heterocycles. The van der Waals surface area contributed by atoms with Gasteiger partial charge in [-0.25, -0.2) is 0 Å². The zero-order valence-electron chi connectivity index (χ0n) is 16.2. The van der Waals surface area contributed by atoms with Crippen LogP contribution in [0, 0.1) is 0 Å². The number of rotatable bonds is 4. The number of nitrogens with two attached hydrogens (primary N) is 2. The molecule has 0 aliphatic heterocycles. The van der Waals surface area contributed by atoms with Crippen LogP contribution in [0.2, 0.25) is 0 Å². The number of fused-ring (bicyclic) bond motifs is 1. The summed E-state index contributed by atoms with van der Waals surface area (Å²) in [6, 6.07) is 20.1. The quantitative estimate of drug-likeness (QED) is 0.479. The number of para-hydroxylation sites is 1. The third-order valence-corrected chi connectivity index (χ3v) is 5.78. The first kappa shape index (κ1) is 17.6. The molecule has 4 aromatic rings. The molecule has 2 heterocycles. The van der Waals surface area contributed by atoms with E-state index < -0.39 is 0 Å². The number of hydrogen-bond donors (Lipinski definition) is 2. The second kappa shape index (κ2) is 7.17. The Morgan fingerprint density at radius 3 is 2.31 bits per heavy atom. The number of imidazole rings is 1. The first-order valence-electron chi connectivity index (χ1n) is 10.1. The van der Waals surface area contributed by atoms with Gasteiger partial charge >= 0.3 is 0 Å². The largest absolute Gasteiger partial charge is 0.457 e. The first-order valence-corrected chi connectivity index (χ1v) is 10.1. The molecule has 0 amide bonds. The zero-order valence-corrected chi connectivity index (χ0v) is 16.2. The van der Waals surface area contributed by atoms with E-state index >= 15 is 0 Å². The lowest BCUT2D eigenvalue weighted by Gasteiger charge is -2.15. The van der Waals surface area contributed by atoms with Gasteiger partial charge in [0, 0.05) is 11.8 Å². The lowest BCUT2D eigenvalue weighted by Crippen LogP contribution is -2.01. The number of hydrogen-bond acceptors (Lipinski definition) is 4. The number of anilines is 2. The van der Waals surface area contributed by atoms with Gasteiger partial charge in [-0.05, 0) is 60.2 Å². The molecule has 1 fully saturated rings. The molecule has 0 spiro atoms. The summed E-state index contributed by atoms with van der Waals surface area (Å²) in [7, 11) is 0. The Balaban J connectivity index is 1.56.